The summed E-state index contributed by atoms with van der Waals surface area (Å²) in [5.74, 6) is 0. The smallest absolute Gasteiger partial charge is 0.258 e. The number of nitrogens with one attached hydrogen (secondary N) is 3. The standard InChI is InChI=1S/C13H24N4O2S/c1-4-14-8-10-9-15-16-12(10)20(18,19)17-11-5-6-13(2,3)7-11/h9,11,14,17H,4-8H2,1-3H3,(H,15,16). The minimum atomic E-state index is -3.52. The van der Waals surface area contributed by atoms with Gasteiger partial charge < -0.3 is 5.32 Å². The first-order valence-corrected chi connectivity index (χ1v) is 8.58. The van der Waals surface area contributed by atoms with Crippen LogP contribution in [-0.2, 0) is 16.6 Å². The Balaban J connectivity index is 2.09. The molecule has 1 fully saturated rings. The molecular formula is C13H24N4O2S. The summed E-state index contributed by atoms with van der Waals surface area (Å²) in [6, 6.07) is 0.0188. The van der Waals surface area contributed by atoms with Gasteiger partial charge in [0.05, 0.1) is 6.20 Å². The van der Waals surface area contributed by atoms with Crippen molar-refractivity contribution in [2.45, 2.75) is 57.6 Å². The van der Waals surface area contributed by atoms with E-state index in [0.717, 1.165) is 25.8 Å². The van der Waals surface area contributed by atoms with Crippen LogP contribution in [0.15, 0.2) is 11.2 Å². The zero-order valence-corrected chi connectivity index (χ0v) is 13.2. The van der Waals surface area contributed by atoms with E-state index in [2.05, 4.69) is 34.1 Å². The number of aromatic nitrogens is 2. The molecular weight excluding hydrogens is 276 g/mol. The van der Waals surface area contributed by atoms with Crippen LogP contribution in [0.25, 0.3) is 0 Å². The second kappa shape index (κ2) is 5.83. The number of hydrogen-bond donors (Lipinski definition) is 3. The van der Waals surface area contributed by atoms with Gasteiger partial charge >= 0.3 is 0 Å². The summed E-state index contributed by atoms with van der Waals surface area (Å²) < 4.78 is 27.7. The second-order valence-electron chi connectivity index (χ2n) is 6.23. The fourth-order valence-electron chi connectivity index (χ4n) is 2.73. The van der Waals surface area contributed by atoms with E-state index in [0.29, 0.717) is 12.1 Å². The van der Waals surface area contributed by atoms with Crippen molar-refractivity contribution in [3.05, 3.63) is 11.8 Å². The Bertz CT molecular complexity index is 550. The van der Waals surface area contributed by atoms with Crippen LogP contribution >= 0.6 is 0 Å². The Kier molecular flexibility index (Phi) is 4.51. The van der Waals surface area contributed by atoms with Crippen LogP contribution in [0.1, 0.15) is 45.6 Å². The Morgan fingerprint density at radius 1 is 1.50 bits per heavy atom. The molecule has 0 saturated heterocycles. The van der Waals surface area contributed by atoms with Crippen molar-refractivity contribution < 1.29 is 8.42 Å². The molecule has 0 aromatic carbocycles. The largest absolute Gasteiger partial charge is 0.313 e. The van der Waals surface area contributed by atoms with E-state index in [-0.39, 0.29) is 16.5 Å². The molecule has 3 N–H and O–H groups in total. The maximum Gasteiger partial charge on any atom is 0.258 e. The molecule has 1 aromatic rings. The summed E-state index contributed by atoms with van der Waals surface area (Å²) in [6.45, 7) is 7.61. The van der Waals surface area contributed by atoms with Gasteiger partial charge in [-0.3, -0.25) is 5.10 Å². The average Bonchev–Trinajstić information content (AvgIpc) is 2.93. The normalized spacial score (nSPS) is 22.2. The summed E-state index contributed by atoms with van der Waals surface area (Å²) in [5, 5.41) is 9.77. The highest BCUT2D eigenvalue weighted by Gasteiger charge is 2.34. The van der Waals surface area contributed by atoms with Gasteiger partial charge in [0.15, 0.2) is 5.03 Å². The minimum absolute atomic E-state index is 0.0188. The maximum absolute atomic E-state index is 12.4. The quantitative estimate of drug-likeness (QED) is 0.740. The molecule has 1 aliphatic rings. The molecule has 0 aliphatic heterocycles. The van der Waals surface area contributed by atoms with E-state index in [9.17, 15) is 8.42 Å². The molecule has 1 saturated carbocycles. The molecule has 7 heteroatoms. The van der Waals surface area contributed by atoms with E-state index in [1.807, 2.05) is 6.92 Å². The number of nitrogens with zero attached hydrogens (tertiary/aromatic N) is 1. The Hall–Kier alpha value is -0.920. The Labute approximate surface area is 120 Å². The van der Waals surface area contributed by atoms with E-state index in [1.54, 1.807) is 6.20 Å². The lowest BCUT2D eigenvalue weighted by Gasteiger charge is -2.17. The first-order chi connectivity index (χ1) is 9.34. The lowest BCUT2D eigenvalue weighted by molar-refractivity contribution is 0.372. The Morgan fingerprint density at radius 3 is 2.85 bits per heavy atom. The Morgan fingerprint density at radius 2 is 2.25 bits per heavy atom. The van der Waals surface area contributed by atoms with Gasteiger partial charge in [-0.25, -0.2) is 13.1 Å². The van der Waals surface area contributed by atoms with Gasteiger partial charge in [-0.05, 0) is 31.2 Å². The number of rotatable bonds is 6. The molecule has 20 heavy (non-hydrogen) atoms. The van der Waals surface area contributed by atoms with E-state index in [1.165, 1.54) is 0 Å². The zero-order chi connectivity index (χ0) is 14.8. The van der Waals surface area contributed by atoms with Gasteiger partial charge in [-0.15, -0.1) is 0 Å². The van der Waals surface area contributed by atoms with Crippen molar-refractivity contribution in [2.75, 3.05) is 6.54 Å². The first-order valence-electron chi connectivity index (χ1n) is 7.09. The molecule has 1 heterocycles. The van der Waals surface area contributed by atoms with Crippen LogP contribution in [0, 0.1) is 5.41 Å². The van der Waals surface area contributed by atoms with Crippen LogP contribution < -0.4 is 10.0 Å². The van der Waals surface area contributed by atoms with Gasteiger partial charge in [0.1, 0.15) is 0 Å². The molecule has 0 amide bonds. The van der Waals surface area contributed by atoms with Crippen molar-refractivity contribution in [3.8, 4) is 0 Å². The fourth-order valence-corrected chi connectivity index (χ4v) is 4.13. The lowest BCUT2D eigenvalue weighted by Crippen LogP contribution is -2.34. The van der Waals surface area contributed by atoms with Gasteiger partial charge in [0.25, 0.3) is 10.0 Å². The number of H-pyrrole nitrogens is 1. The predicted molar refractivity (Wildman–Crippen MR) is 77.7 cm³/mol. The van der Waals surface area contributed by atoms with Crippen molar-refractivity contribution in [1.29, 1.82) is 0 Å². The molecule has 1 aromatic heterocycles. The van der Waals surface area contributed by atoms with Gasteiger partial charge in [-0.2, -0.15) is 5.10 Å². The van der Waals surface area contributed by atoms with Crippen LogP contribution in [0.4, 0.5) is 0 Å². The first kappa shape index (κ1) is 15.5. The van der Waals surface area contributed by atoms with Crippen LogP contribution in [0.3, 0.4) is 0 Å². The molecule has 0 bridgehead atoms. The molecule has 1 aliphatic carbocycles. The third-order valence-electron chi connectivity index (χ3n) is 3.80. The fraction of sp³-hybridized carbons (Fsp3) is 0.769. The summed E-state index contributed by atoms with van der Waals surface area (Å²) in [5.41, 5.74) is 0.893. The van der Waals surface area contributed by atoms with Crippen molar-refractivity contribution >= 4 is 10.0 Å². The van der Waals surface area contributed by atoms with Crippen LogP contribution in [-0.4, -0.2) is 31.2 Å². The topological polar surface area (TPSA) is 86.9 Å². The summed E-state index contributed by atoms with van der Waals surface area (Å²) in [4.78, 5) is 0. The maximum atomic E-state index is 12.4. The molecule has 114 valence electrons. The van der Waals surface area contributed by atoms with E-state index < -0.39 is 10.0 Å². The van der Waals surface area contributed by atoms with E-state index in [4.69, 9.17) is 0 Å². The second-order valence-corrected chi connectivity index (χ2v) is 7.88. The monoisotopic (exact) mass is 300 g/mol. The number of sulfonamides is 1. The van der Waals surface area contributed by atoms with Gasteiger partial charge in [-0.1, -0.05) is 20.8 Å². The van der Waals surface area contributed by atoms with E-state index >= 15 is 0 Å². The number of aromatic amines is 1. The highest BCUT2D eigenvalue weighted by Crippen LogP contribution is 2.37. The van der Waals surface area contributed by atoms with Crippen molar-refractivity contribution in [1.82, 2.24) is 20.2 Å². The van der Waals surface area contributed by atoms with Crippen LogP contribution in [0.5, 0.6) is 0 Å². The summed E-state index contributed by atoms with van der Waals surface area (Å²) in [6.07, 6.45) is 4.38. The molecule has 1 unspecified atom stereocenters. The van der Waals surface area contributed by atoms with Crippen LogP contribution in [0.2, 0.25) is 0 Å². The summed E-state index contributed by atoms with van der Waals surface area (Å²) in [7, 11) is -3.52. The zero-order valence-electron chi connectivity index (χ0n) is 12.4. The lowest BCUT2D eigenvalue weighted by atomic mass is 9.92. The molecule has 0 spiro atoms. The minimum Gasteiger partial charge on any atom is -0.313 e. The average molecular weight is 300 g/mol. The number of hydrogen-bond acceptors (Lipinski definition) is 4. The van der Waals surface area contributed by atoms with Gasteiger partial charge in [0, 0.05) is 18.2 Å². The van der Waals surface area contributed by atoms with Crippen molar-refractivity contribution in [2.24, 2.45) is 5.41 Å². The van der Waals surface area contributed by atoms with Crippen molar-refractivity contribution in [3.63, 3.8) is 0 Å². The summed E-state index contributed by atoms with van der Waals surface area (Å²) >= 11 is 0. The van der Waals surface area contributed by atoms with Gasteiger partial charge in [0.2, 0.25) is 0 Å². The predicted octanol–water partition coefficient (Wildman–Crippen LogP) is 1.38. The highest BCUT2D eigenvalue weighted by atomic mass is 32.2. The SMILES string of the molecule is CCNCc1cn[nH]c1S(=O)(=O)NC1CCC(C)(C)C1. The highest BCUT2D eigenvalue weighted by molar-refractivity contribution is 7.89. The molecule has 2 rings (SSSR count). The third-order valence-corrected chi connectivity index (χ3v) is 5.34. The molecule has 1 atom stereocenters. The molecule has 0 radical (unpaired) electrons. The molecule has 6 nitrogen and oxygen atoms in total. The third kappa shape index (κ3) is 3.59.